The van der Waals surface area contributed by atoms with E-state index in [1.54, 1.807) is 29.2 Å². The van der Waals surface area contributed by atoms with Crippen LogP contribution in [0, 0.1) is 0 Å². The molecule has 6 nitrogen and oxygen atoms in total. The van der Waals surface area contributed by atoms with Crippen LogP contribution >= 0.6 is 11.6 Å². The van der Waals surface area contributed by atoms with Crippen LogP contribution in [0.1, 0.15) is 32.1 Å². The molecule has 2 aliphatic rings. The lowest BCUT2D eigenvalue weighted by molar-refractivity contribution is -0.134. The van der Waals surface area contributed by atoms with Gasteiger partial charge in [-0.05, 0) is 56.4 Å². The summed E-state index contributed by atoms with van der Waals surface area (Å²) < 4.78 is 36.1. The van der Waals surface area contributed by atoms with E-state index in [0.29, 0.717) is 43.1 Å². The molecule has 8 heteroatoms. The molecule has 1 aromatic carbocycles. The molecule has 0 N–H and O–H groups in total. The van der Waals surface area contributed by atoms with Crippen LogP contribution < -0.4 is 4.74 Å². The third-order valence-corrected chi connectivity index (χ3v) is 7.77. The van der Waals surface area contributed by atoms with Crippen molar-refractivity contribution < 1.29 is 22.7 Å². The largest absolute Gasteiger partial charge is 0.484 e. The summed E-state index contributed by atoms with van der Waals surface area (Å²) in [6.45, 7) is 1.58. The van der Waals surface area contributed by atoms with Crippen molar-refractivity contribution in [2.45, 2.75) is 43.5 Å². The average Bonchev–Trinajstić information content (AvgIpc) is 3.20. The summed E-state index contributed by atoms with van der Waals surface area (Å²) in [5.41, 5.74) is 0. The normalized spacial score (nSPS) is 21.4. The summed E-state index contributed by atoms with van der Waals surface area (Å²) >= 11 is 5.82. The molecule has 1 unspecified atom stereocenters. The Labute approximate surface area is 165 Å². The number of nitrogens with zero attached hydrogens (tertiary/aromatic N) is 1. The number of carbonyl (C=O) groups excluding carboxylic acids is 1. The van der Waals surface area contributed by atoms with Crippen LogP contribution in [0.2, 0.25) is 5.02 Å². The zero-order chi connectivity index (χ0) is 19.3. The maximum atomic E-state index is 12.6. The Hall–Kier alpha value is -1.31. The van der Waals surface area contributed by atoms with Crippen molar-refractivity contribution in [1.82, 2.24) is 4.90 Å². The number of halogens is 1. The number of ether oxygens (including phenoxy) is 2. The maximum absolute atomic E-state index is 12.6. The van der Waals surface area contributed by atoms with Gasteiger partial charge >= 0.3 is 0 Å². The minimum absolute atomic E-state index is 0.0575. The van der Waals surface area contributed by atoms with Crippen LogP contribution in [0.25, 0.3) is 0 Å². The summed E-state index contributed by atoms with van der Waals surface area (Å²) in [7, 11) is -3.14. The molecule has 0 bridgehead atoms. The van der Waals surface area contributed by atoms with Crippen molar-refractivity contribution >= 4 is 27.3 Å². The lowest BCUT2D eigenvalue weighted by Gasteiger charge is -2.31. The second-order valence-corrected chi connectivity index (χ2v) is 9.95. The fraction of sp³-hybridized carbons (Fsp3) is 0.632. The topological polar surface area (TPSA) is 72.9 Å². The predicted octanol–water partition coefficient (Wildman–Crippen LogP) is 2.69. The van der Waals surface area contributed by atoms with Gasteiger partial charge in [0.25, 0.3) is 5.91 Å². The standard InChI is InChI=1S/C19H26ClNO5S/c20-15-3-5-17(6-4-15)26-14-19(22)21-10-7-18(8-11-21)27(23,24)13-9-16-2-1-12-25-16/h3-6,16,18H,1-2,7-14H2. The molecule has 2 saturated heterocycles. The molecule has 2 fully saturated rings. The molecular formula is C19H26ClNO5S. The van der Waals surface area contributed by atoms with Crippen molar-refractivity contribution in [3.8, 4) is 5.75 Å². The zero-order valence-corrected chi connectivity index (χ0v) is 16.9. The first kappa shape index (κ1) is 20.4. The van der Waals surface area contributed by atoms with Crippen LogP contribution in [0.5, 0.6) is 5.75 Å². The third kappa shape index (κ3) is 5.83. The second-order valence-electron chi connectivity index (χ2n) is 7.11. The lowest BCUT2D eigenvalue weighted by Crippen LogP contribution is -2.44. The summed E-state index contributed by atoms with van der Waals surface area (Å²) in [5, 5.41) is 0.247. The summed E-state index contributed by atoms with van der Waals surface area (Å²) in [5.74, 6) is 0.634. The Morgan fingerprint density at radius 3 is 2.52 bits per heavy atom. The van der Waals surface area contributed by atoms with Crippen LogP contribution in [-0.4, -0.2) is 62.6 Å². The summed E-state index contributed by atoms with van der Waals surface area (Å²) in [6.07, 6.45) is 3.61. The number of piperidine rings is 1. The Kier molecular flexibility index (Phi) is 7.00. The highest BCUT2D eigenvalue weighted by Crippen LogP contribution is 2.22. The first-order valence-electron chi connectivity index (χ1n) is 9.43. The van der Waals surface area contributed by atoms with E-state index in [4.69, 9.17) is 21.1 Å². The smallest absolute Gasteiger partial charge is 0.260 e. The number of hydrogen-bond acceptors (Lipinski definition) is 5. The van der Waals surface area contributed by atoms with Crippen molar-refractivity contribution in [3.63, 3.8) is 0 Å². The Morgan fingerprint density at radius 2 is 1.89 bits per heavy atom. The van der Waals surface area contributed by atoms with E-state index in [2.05, 4.69) is 0 Å². The van der Waals surface area contributed by atoms with E-state index in [1.165, 1.54) is 0 Å². The number of sulfone groups is 1. The van der Waals surface area contributed by atoms with E-state index < -0.39 is 9.84 Å². The number of rotatable bonds is 7. The minimum atomic E-state index is -3.14. The number of carbonyl (C=O) groups is 1. The highest BCUT2D eigenvalue weighted by Gasteiger charge is 2.32. The molecule has 1 aromatic rings. The molecule has 0 aliphatic carbocycles. The molecule has 0 aromatic heterocycles. The first-order valence-corrected chi connectivity index (χ1v) is 11.5. The fourth-order valence-electron chi connectivity index (χ4n) is 3.57. The summed E-state index contributed by atoms with van der Waals surface area (Å²) in [4.78, 5) is 14.0. The van der Waals surface area contributed by atoms with Gasteiger partial charge in [0.1, 0.15) is 5.75 Å². The van der Waals surface area contributed by atoms with Gasteiger partial charge in [0.05, 0.1) is 17.1 Å². The van der Waals surface area contributed by atoms with Crippen LogP contribution in [0.4, 0.5) is 0 Å². The first-order chi connectivity index (χ1) is 12.9. The quantitative estimate of drug-likeness (QED) is 0.684. The van der Waals surface area contributed by atoms with E-state index in [-0.39, 0.29) is 29.6 Å². The molecule has 1 atom stereocenters. The number of hydrogen-bond donors (Lipinski definition) is 0. The van der Waals surface area contributed by atoms with E-state index in [9.17, 15) is 13.2 Å². The fourth-order valence-corrected chi connectivity index (χ4v) is 5.55. The van der Waals surface area contributed by atoms with Gasteiger partial charge in [-0.15, -0.1) is 0 Å². The van der Waals surface area contributed by atoms with Gasteiger partial charge in [-0.3, -0.25) is 4.79 Å². The molecule has 1 amide bonds. The van der Waals surface area contributed by atoms with E-state index in [1.807, 2.05) is 0 Å². The zero-order valence-electron chi connectivity index (χ0n) is 15.3. The monoisotopic (exact) mass is 415 g/mol. The maximum Gasteiger partial charge on any atom is 0.260 e. The van der Waals surface area contributed by atoms with E-state index >= 15 is 0 Å². The lowest BCUT2D eigenvalue weighted by atomic mass is 10.1. The van der Waals surface area contributed by atoms with Gasteiger partial charge in [0, 0.05) is 24.7 Å². The predicted molar refractivity (Wildman–Crippen MR) is 104 cm³/mol. The highest BCUT2D eigenvalue weighted by molar-refractivity contribution is 7.92. The molecule has 0 spiro atoms. The number of benzene rings is 1. The number of likely N-dealkylation sites (tertiary alicyclic amines) is 1. The third-order valence-electron chi connectivity index (χ3n) is 5.23. The van der Waals surface area contributed by atoms with E-state index in [0.717, 1.165) is 19.4 Å². The SMILES string of the molecule is O=C(COc1ccc(Cl)cc1)N1CCC(S(=O)(=O)CCC2CCCO2)CC1. The van der Waals surface area contributed by atoms with Gasteiger partial charge in [-0.2, -0.15) is 0 Å². The molecule has 27 heavy (non-hydrogen) atoms. The molecule has 2 aliphatic heterocycles. The van der Waals surface area contributed by atoms with Crippen molar-refractivity contribution in [3.05, 3.63) is 29.3 Å². The van der Waals surface area contributed by atoms with Gasteiger partial charge in [-0.1, -0.05) is 11.6 Å². The number of amides is 1. The van der Waals surface area contributed by atoms with Crippen molar-refractivity contribution in [1.29, 1.82) is 0 Å². The summed E-state index contributed by atoms with van der Waals surface area (Å²) in [6, 6.07) is 6.83. The van der Waals surface area contributed by atoms with Crippen LogP contribution in [-0.2, 0) is 19.4 Å². The van der Waals surface area contributed by atoms with Crippen molar-refractivity contribution in [2.75, 3.05) is 32.1 Å². The van der Waals surface area contributed by atoms with Gasteiger partial charge in [0.2, 0.25) is 0 Å². The Morgan fingerprint density at radius 1 is 1.19 bits per heavy atom. The molecule has 0 radical (unpaired) electrons. The second kappa shape index (κ2) is 9.26. The van der Waals surface area contributed by atoms with Crippen molar-refractivity contribution in [2.24, 2.45) is 0 Å². The molecular weight excluding hydrogens is 390 g/mol. The molecule has 3 rings (SSSR count). The van der Waals surface area contributed by atoms with Crippen LogP contribution in [0.15, 0.2) is 24.3 Å². The highest BCUT2D eigenvalue weighted by atomic mass is 35.5. The Balaban J connectivity index is 1.41. The van der Waals surface area contributed by atoms with Gasteiger partial charge in [0.15, 0.2) is 16.4 Å². The van der Waals surface area contributed by atoms with Crippen LogP contribution in [0.3, 0.4) is 0 Å². The molecule has 0 saturated carbocycles. The van der Waals surface area contributed by atoms with Gasteiger partial charge in [-0.25, -0.2) is 8.42 Å². The van der Waals surface area contributed by atoms with Gasteiger partial charge < -0.3 is 14.4 Å². The molecule has 2 heterocycles. The average molecular weight is 416 g/mol. The molecule has 150 valence electrons. The Bertz CT molecular complexity index is 723. The minimum Gasteiger partial charge on any atom is -0.484 e.